The molecule has 0 aliphatic heterocycles. The van der Waals surface area contributed by atoms with Crippen LogP contribution in [-0.2, 0) is 13.6 Å². The SMILES string of the molecule is Cn1ccnc1CNc1ccn(-c2ncccc2F)n1. The predicted octanol–water partition coefficient (Wildman–Crippen LogP) is 1.75. The van der Waals surface area contributed by atoms with Gasteiger partial charge >= 0.3 is 0 Å². The van der Waals surface area contributed by atoms with Gasteiger partial charge < -0.3 is 9.88 Å². The minimum Gasteiger partial charge on any atom is -0.361 e. The van der Waals surface area contributed by atoms with Crippen LogP contribution < -0.4 is 5.32 Å². The minimum atomic E-state index is -0.411. The molecule has 3 aromatic heterocycles. The van der Waals surface area contributed by atoms with E-state index >= 15 is 0 Å². The van der Waals surface area contributed by atoms with E-state index in [1.807, 2.05) is 17.8 Å². The highest BCUT2D eigenvalue weighted by Crippen LogP contribution is 2.11. The Kier molecular flexibility index (Phi) is 3.16. The molecule has 7 heteroatoms. The second kappa shape index (κ2) is 5.12. The molecule has 0 bridgehead atoms. The fourth-order valence-electron chi connectivity index (χ4n) is 1.82. The Morgan fingerprint density at radius 3 is 2.85 bits per heavy atom. The lowest BCUT2D eigenvalue weighted by Gasteiger charge is -2.03. The maximum atomic E-state index is 13.6. The lowest BCUT2D eigenvalue weighted by Crippen LogP contribution is -2.07. The summed E-state index contributed by atoms with van der Waals surface area (Å²) >= 11 is 0. The van der Waals surface area contributed by atoms with E-state index in [9.17, 15) is 4.39 Å². The first-order valence-corrected chi connectivity index (χ1v) is 6.10. The van der Waals surface area contributed by atoms with Gasteiger partial charge in [0.25, 0.3) is 0 Å². The first kappa shape index (κ1) is 12.3. The van der Waals surface area contributed by atoms with E-state index in [2.05, 4.69) is 20.4 Å². The van der Waals surface area contributed by atoms with E-state index in [0.717, 1.165) is 5.82 Å². The number of imidazole rings is 1. The van der Waals surface area contributed by atoms with Crippen LogP contribution in [-0.4, -0.2) is 24.3 Å². The molecule has 0 aromatic carbocycles. The van der Waals surface area contributed by atoms with Gasteiger partial charge in [-0.25, -0.2) is 19.0 Å². The van der Waals surface area contributed by atoms with Gasteiger partial charge in [0, 0.05) is 37.9 Å². The summed E-state index contributed by atoms with van der Waals surface area (Å²) in [6.45, 7) is 0.547. The first-order valence-electron chi connectivity index (χ1n) is 6.10. The second-order valence-electron chi connectivity index (χ2n) is 4.26. The number of aryl methyl sites for hydroxylation is 1. The number of nitrogens with zero attached hydrogens (tertiary/aromatic N) is 5. The third-order valence-corrected chi connectivity index (χ3v) is 2.89. The van der Waals surface area contributed by atoms with Crippen LogP contribution in [0.2, 0.25) is 0 Å². The van der Waals surface area contributed by atoms with E-state index in [1.165, 1.54) is 16.9 Å². The summed E-state index contributed by atoms with van der Waals surface area (Å²) in [5.41, 5.74) is 0. The maximum Gasteiger partial charge on any atom is 0.189 e. The molecule has 0 atom stereocenters. The van der Waals surface area contributed by atoms with E-state index in [-0.39, 0.29) is 5.82 Å². The molecule has 0 amide bonds. The van der Waals surface area contributed by atoms with Crippen LogP contribution >= 0.6 is 0 Å². The van der Waals surface area contributed by atoms with Crippen LogP contribution in [0.4, 0.5) is 10.2 Å². The molecular formula is C13H13FN6. The largest absolute Gasteiger partial charge is 0.361 e. The highest BCUT2D eigenvalue weighted by Gasteiger charge is 2.07. The van der Waals surface area contributed by atoms with Crippen molar-refractivity contribution >= 4 is 5.82 Å². The number of aromatic nitrogens is 5. The molecule has 0 aliphatic carbocycles. The Balaban J connectivity index is 1.74. The highest BCUT2D eigenvalue weighted by atomic mass is 19.1. The van der Waals surface area contributed by atoms with Gasteiger partial charge in [-0.1, -0.05) is 0 Å². The zero-order valence-corrected chi connectivity index (χ0v) is 10.9. The average Bonchev–Trinajstić information content (AvgIpc) is 3.06. The summed E-state index contributed by atoms with van der Waals surface area (Å²) in [7, 11) is 1.92. The zero-order valence-electron chi connectivity index (χ0n) is 10.9. The number of hydrogen-bond donors (Lipinski definition) is 1. The van der Waals surface area contributed by atoms with Crippen LogP contribution in [0.3, 0.4) is 0 Å². The second-order valence-corrected chi connectivity index (χ2v) is 4.26. The quantitative estimate of drug-likeness (QED) is 0.786. The molecular weight excluding hydrogens is 259 g/mol. The van der Waals surface area contributed by atoms with Crippen molar-refractivity contribution in [3.05, 3.63) is 54.6 Å². The van der Waals surface area contributed by atoms with Gasteiger partial charge in [-0.2, -0.15) is 0 Å². The number of anilines is 1. The number of halogens is 1. The van der Waals surface area contributed by atoms with E-state index in [0.29, 0.717) is 12.4 Å². The molecule has 0 saturated heterocycles. The van der Waals surface area contributed by atoms with Crippen molar-refractivity contribution in [2.45, 2.75) is 6.54 Å². The summed E-state index contributed by atoms with van der Waals surface area (Å²) < 4.78 is 16.9. The van der Waals surface area contributed by atoms with Crippen molar-refractivity contribution in [1.29, 1.82) is 0 Å². The van der Waals surface area contributed by atoms with Gasteiger partial charge in [-0.15, -0.1) is 5.10 Å². The summed E-state index contributed by atoms with van der Waals surface area (Å²) in [5.74, 6) is 1.30. The molecule has 0 radical (unpaired) electrons. The van der Waals surface area contributed by atoms with Crippen LogP contribution in [0, 0.1) is 5.82 Å². The van der Waals surface area contributed by atoms with Gasteiger partial charge in [-0.3, -0.25) is 0 Å². The maximum absolute atomic E-state index is 13.6. The Morgan fingerprint density at radius 1 is 1.20 bits per heavy atom. The third kappa shape index (κ3) is 2.37. The minimum absolute atomic E-state index is 0.178. The number of nitrogens with one attached hydrogen (secondary N) is 1. The highest BCUT2D eigenvalue weighted by molar-refractivity contribution is 5.35. The van der Waals surface area contributed by atoms with Gasteiger partial charge in [-0.05, 0) is 12.1 Å². The predicted molar refractivity (Wildman–Crippen MR) is 71.9 cm³/mol. The van der Waals surface area contributed by atoms with Gasteiger partial charge in [0.1, 0.15) is 11.6 Å². The first-order chi connectivity index (χ1) is 9.74. The summed E-state index contributed by atoms with van der Waals surface area (Å²) in [4.78, 5) is 8.17. The smallest absolute Gasteiger partial charge is 0.189 e. The van der Waals surface area contributed by atoms with Crippen molar-refractivity contribution in [1.82, 2.24) is 24.3 Å². The molecule has 3 rings (SSSR count). The van der Waals surface area contributed by atoms with Crippen molar-refractivity contribution in [3.63, 3.8) is 0 Å². The molecule has 0 fully saturated rings. The van der Waals surface area contributed by atoms with Crippen LogP contribution in [0.25, 0.3) is 5.82 Å². The number of rotatable bonds is 4. The fraction of sp³-hybridized carbons (Fsp3) is 0.154. The lowest BCUT2D eigenvalue weighted by molar-refractivity contribution is 0.601. The van der Waals surface area contributed by atoms with E-state index in [1.54, 1.807) is 24.5 Å². The molecule has 3 heterocycles. The normalized spacial score (nSPS) is 10.7. The lowest BCUT2D eigenvalue weighted by atomic mass is 10.4. The van der Waals surface area contributed by atoms with Crippen molar-refractivity contribution < 1.29 is 4.39 Å². The standard InChI is InChI=1S/C13H13FN6/c1-19-8-6-15-12(19)9-17-11-4-7-20(18-11)13-10(14)3-2-5-16-13/h2-8H,9H2,1H3,(H,17,18). The molecule has 0 unspecified atom stereocenters. The monoisotopic (exact) mass is 272 g/mol. The molecule has 6 nitrogen and oxygen atoms in total. The van der Waals surface area contributed by atoms with Crippen LogP contribution in [0.1, 0.15) is 5.82 Å². The molecule has 102 valence electrons. The van der Waals surface area contributed by atoms with E-state index in [4.69, 9.17) is 0 Å². The summed E-state index contributed by atoms with van der Waals surface area (Å²) in [6, 6.07) is 4.66. The Labute approximate surface area is 114 Å². The van der Waals surface area contributed by atoms with Gasteiger partial charge in [0.05, 0.1) is 6.54 Å². The molecule has 1 N–H and O–H groups in total. The van der Waals surface area contributed by atoms with Crippen molar-refractivity contribution in [3.8, 4) is 5.82 Å². The fourth-order valence-corrected chi connectivity index (χ4v) is 1.82. The summed E-state index contributed by atoms with van der Waals surface area (Å²) in [5, 5.41) is 7.37. The van der Waals surface area contributed by atoms with Gasteiger partial charge in [0.2, 0.25) is 0 Å². The average molecular weight is 272 g/mol. The molecule has 0 aliphatic rings. The molecule has 0 spiro atoms. The molecule has 0 saturated carbocycles. The van der Waals surface area contributed by atoms with Crippen molar-refractivity contribution in [2.75, 3.05) is 5.32 Å². The Morgan fingerprint density at radius 2 is 2.10 bits per heavy atom. The van der Waals surface area contributed by atoms with Crippen molar-refractivity contribution in [2.24, 2.45) is 7.05 Å². The summed E-state index contributed by atoms with van der Waals surface area (Å²) in [6.07, 6.45) is 6.80. The Bertz CT molecular complexity index is 717. The number of hydrogen-bond acceptors (Lipinski definition) is 4. The Hall–Kier alpha value is -2.70. The van der Waals surface area contributed by atoms with Gasteiger partial charge in [0.15, 0.2) is 11.6 Å². The van der Waals surface area contributed by atoms with Crippen LogP contribution in [0.5, 0.6) is 0 Å². The topological polar surface area (TPSA) is 60.6 Å². The molecule has 3 aromatic rings. The number of pyridine rings is 1. The molecule has 20 heavy (non-hydrogen) atoms. The van der Waals surface area contributed by atoms with Crippen LogP contribution in [0.15, 0.2) is 43.0 Å². The zero-order chi connectivity index (χ0) is 13.9. The third-order valence-electron chi connectivity index (χ3n) is 2.89. The van der Waals surface area contributed by atoms with E-state index < -0.39 is 5.82 Å².